The molecule has 0 radical (unpaired) electrons. The zero-order valence-electron chi connectivity index (χ0n) is 15.8. The Morgan fingerprint density at radius 3 is 3.15 bits per heavy atom. The van der Waals surface area contributed by atoms with Crippen molar-refractivity contribution in [2.24, 2.45) is 5.41 Å². The van der Waals surface area contributed by atoms with Gasteiger partial charge in [-0.1, -0.05) is 6.07 Å². The monoisotopic (exact) mass is 369 g/mol. The SMILES string of the molecule is COc1cccc(-n2cc(CNC(=O)N3CCC[C@]4(CCNC4)C3)cn2)c1. The minimum absolute atomic E-state index is 0.0232. The summed E-state index contributed by atoms with van der Waals surface area (Å²) < 4.78 is 7.06. The van der Waals surface area contributed by atoms with Gasteiger partial charge in [-0.25, -0.2) is 9.48 Å². The van der Waals surface area contributed by atoms with Gasteiger partial charge in [0.2, 0.25) is 0 Å². The van der Waals surface area contributed by atoms with E-state index in [1.54, 1.807) is 18.0 Å². The average Bonchev–Trinajstić information content (AvgIpc) is 3.36. The van der Waals surface area contributed by atoms with Crippen molar-refractivity contribution in [3.63, 3.8) is 0 Å². The maximum Gasteiger partial charge on any atom is 0.317 e. The number of methoxy groups -OCH3 is 1. The summed E-state index contributed by atoms with van der Waals surface area (Å²) in [6.07, 6.45) is 7.20. The fourth-order valence-corrected chi connectivity index (χ4v) is 4.16. The van der Waals surface area contributed by atoms with Gasteiger partial charge in [-0.3, -0.25) is 0 Å². The van der Waals surface area contributed by atoms with E-state index >= 15 is 0 Å². The summed E-state index contributed by atoms with van der Waals surface area (Å²) in [4.78, 5) is 14.6. The molecule has 1 aromatic carbocycles. The van der Waals surface area contributed by atoms with Crippen LogP contribution in [0.2, 0.25) is 0 Å². The number of likely N-dealkylation sites (tertiary alicyclic amines) is 1. The Hall–Kier alpha value is -2.54. The van der Waals surface area contributed by atoms with E-state index in [2.05, 4.69) is 15.7 Å². The second-order valence-corrected chi connectivity index (χ2v) is 7.61. The summed E-state index contributed by atoms with van der Waals surface area (Å²) in [5.41, 5.74) is 2.19. The number of urea groups is 1. The van der Waals surface area contributed by atoms with Gasteiger partial charge in [0.1, 0.15) is 5.75 Å². The maximum absolute atomic E-state index is 12.6. The molecule has 3 heterocycles. The second-order valence-electron chi connectivity index (χ2n) is 7.61. The van der Waals surface area contributed by atoms with Crippen LogP contribution in [-0.4, -0.2) is 54.0 Å². The van der Waals surface area contributed by atoms with Gasteiger partial charge in [0.05, 0.1) is 19.0 Å². The lowest BCUT2D eigenvalue weighted by Gasteiger charge is -2.39. The van der Waals surface area contributed by atoms with Crippen molar-refractivity contribution in [1.82, 2.24) is 25.3 Å². The predicted octanol–water partition coefficient (Wildman–Crippen LogP) is 2.17. The molecule has 0 saturated carbocycles. The molecule has 4 rings (SSSR count). The van der Waals surface area contributed by atoms with Gasteiger partial charge in [0.15, 0.2) is 0 Å². The van der Waals surface area contributed by atoms with Crippen LogP contribution in [0, 0.1) is 5.41 Å². The molecule has 7 nitrogen and oxygen atoms in total. The van der Waals surface area contributed by atoms with Crippen LogP contribution >= 0.6 is 0 Å². The van der Waals surface area contributed by atoms with Crippen LogP contribution in [0.3, 0.4) is 0 Å². The van der Waals surface area contributed by atoms with Crippen molar-refractivity contribution in [3.05, 3.63) is 42.2 Å². The first-order valence-corrected chi connectivity index (χ1v) is 9.59. The van der Waals surface area contributed by atoms with Crippen LogP contribution in [0.25, 0.3) is 5.69 Å². The van der Waals surface area contributed by atoms with Crippen molar-refractivity contribution >= 4 is 6.03 Å². The highest BCUT2D eigenvalue weighted by molar-refractivity contribution is 5.74. The number of aromatic nitrogens is 2. The summed E-state index contributed by atoms with van der Waals surface area (Å²) in [6, 6.07) is 7.76. The van der Waals surface area contributed by atoms with Crippen LogP contribution < -0.4 is 15.4 Å². The van der Waals surface area contributed by atoms with Gasteiger partial charge < -0.3 is 20.3 Å². The fraction of sp³-hybridized carbons (Fsp3) is 0.500. The quantitative estimate of drug-likeness (QED) is 0.866. The van der Waals surface area contributed by atoms with Crippen molar-refractivity contribution in [2.45, 2.75) is 25.8 Å². The first kappa shape index (κ1) is 17.9. The summed E-state index contributed by atoms with van der Waals surface area (Å²) in [6.45, 7) is 4.28. The van der Waals surface area contributed by atoms with Crippen LogP contribution in [0.4, 0.5) is 4.79 Å². The van der Waals surface area contributed by atoms with Crippen molar-refractivity contribution in [2.75, 3.05) is 33.3 Å². The predicted molar refractivity (Wildman–Crippen MR) is 103 cm³/mol. The van der Waals surface area contributed by atoms with Gasteiger partial charge in [0, 0.05) is 49.4 Å². The fourth-order valence-electron chi connectivity index (χ4n) is 4.16. The minimum Gasteiger partial charge on any atom is -0.497 e. The third-order valence-electron chi connectivity index (χ3n) is 5.68. The van der Waals surface area contributed by atoms with Gasteiger partial charge in [0.25, 0.3) is 0 Å². The average molecular weight is 369 g/mol. The standard InChI is InChI=1S/C20H27N5O2/c1-27-18-5-2-4-17(10-18)25-13-16(12-23-25)11-22-19(26)24-9-3-6-20(15-24)7-8-21-14-20/h2,4-5,10,12-13,21H,3,6-9,11,14-15H2,1H3,(H,22,26)/t20-/m1/s1. The first-order chi connectivity index (χ1) is 13.2. The third kappa shape index (κ3) is 3.93. The van der Waals surface area contributed by atoms with E-state index in [1.165, 1.54) is 12.8 Å². The molecule has 1 atom stereocenters. The summed E-state index contributed by atoms with van der Waals surface area (Å²) in [7, 11) is 1.65. The molecule has 1 spiro atoms. The molecular weight excluding hydrogens is 342 g/mol. The lowest BCUT2D eigenvalue weighted by molar-refractivity contribution is 0.118. The highest BCUT2D eigenvalue weighted by Gasteiger charge is 2.39. The molecule has 2 aliphatic rings. The zero-order chi connectivity index (χ0) is 18.7. The second kappa shape index (κ2) is 7.60. The van der Waals surface area contributed by atoms with E-state index < -0.39 is 0 Å². The smallest absolute Gasteiger partial charge is 0.317 e. The van der Waals surface area contributed by atoms with E-state index in [0.717, 1.165) is 49.6 Å². The minimum atomic E-state index is 0.0232. The van der Waals surface area contributed by atoms with E-state index in [1.807, 2.05) is 35.4 Å². The van der Waals surface area contributed by atoms with Crippen molar-refractivity contribution < 1.29 is 9.53 Å². The van der Waals surface area contributed by atoms with Crippen molar-refractivity contribution in [3.8, 4) is 11.4 Å². The topological polar surface area (TPSA) is 71.4 Å². The number of carbonyl (C=O) groups is 1. The number of benzene rings is 1. The molecular formula is C20H27N5O2. The number of hydrogen-bond acceptors (Lipinski definition) is 4. The van der Waals surface area contributed by atoms with E-state index in [-0.39, 0.29) is 11.4 Å². The summed E-state index contributed by atoms with van der Waals surface area (Å²) in [5.74, 6) is 0.790. The molecule has 7 heteroatoms. The Morgan fingerprint density at radius 2 is 2.33 bits per heavy atom. The maximum atomic E-state index is 12.6. The molecule has 2 saturated heterocycles. The lowest BCUT2D eigenvalue weighted by Crippen LogP contribution is -2.50. The Balaban J connectivity index is 1.35. The summed E-state index contributed by atoms with van der Waals surface area (Å²) in [5, 5.41) is 10.9. The number of ether oxygens (including phenoxy) is 1. The van der Waals surface area contributed by atoms with Crippen LogP contribution in [-0.2, 0) is 6.54 Å². The van der Waals surface area contributed by atoms with Gasteiger partial charge >= 0.3 is 6.03 Å². The first-order valence-electron chi connectivity index (χ1n) is 9.59. The van der Waals surface area contributed by atoms with Gasteiger partial charge in [-0.05, 0) is 37.9 Å². The highest BCUT2D eigenvalue weighted by atomic mass is 16.5. The molecule has 0 bridgehead atoms. The van der Waals surface area contributed by atoms with Crippen LogP contribution in [0.15, 0.2) is 36.7 Å². The Bertz CT molecular complexity index is 797. The number of rotatable bonds is 4. The van der Waals surface area contributed by atoms with Crippen LogP contribution in [0.1, 0.15) is 24.8 Å². The Kier molecular flexibility index (Phi) is 5.03. The number of nitrogens with zero attached hydrogens (tertiary/aromatic N) is 3. The zero-order valence-corrected chi connectivity index (χ0v) is 15.8. The molecule has 2 aliphatic heterocycles. The number of piperidine rings is 1. The molecule has 2 aromatic rings. The molecule has 144 valence electrons. The summed E-state index contributed by atoms with van der Waals surface area (Å²) >= 11 is 0. The molecule has 0 unspecified atom stereocenters. The Labute approximate surface area is 159 Å². The third-order valence-corrected chi connectivity index (χ3v) is 5.68. The number of hydrogen-bond donors (Lipinski definition) is 2. The number of nitrogens with one attached hydrogen (secondary N) is 2. The molecule has 2 N–H and O–H groups in total. The molecule has 27 heavy (non-hydrogen) atoms. The van der Waals surface area contributed by atoms with E-state index in [9.17, 15) is 4.79 Å². The van der Waals surface area contributed by atoms with Crippen LogP contribution in [0.5, 0.6) is 5.75 Å². The number of amides is 2. The number of carbonyl (C=O) groups excluding carboxylic acids is 1. The molecule has 0 aliphatic carbocycles. The normalized spacial score (nSPS) is 22.2. The van der Waals surface area contributed by atoms with Crippen molar-refractivity contribution in [1.29, 1.82) is 0 Å². The molecule has 1 aromatic heterocycles. The van der Waals surface area contributed by atoms with E-state index in [0.29, 0.717) is 6.54 Å². The molecule has 2 amide bonds. The highest BCUT2D eigenvalue weighted by Crippen LogP contribution is 2.35. The van der Waals surface area contributed by atoms with Gasteiger partial charge in [-0.15, -0.1) is 0 Å². The lowest BCUT2D eigenvalue weighted by atomic mass is 9.79. The van der Waals surface area contributed by atoms with E-state index in [4.69, 9.17) is 4.74 Å². The Morgan fingerprint density at radius 1 is 1.41 bits per heavy atom. The largest absolute Gasteiger partial charge is 0.497 e. The molecule has 2 fully saturated rings. The van der Waals surface area contributed by atoms with Gasteiger partial charge in [-0.2, -0.15) is 5.10 Å².